The Bertz CT molecular complexity index is 3310. The third-order valence-electron chi connectivity index (χ3n) is 13.2. The minimum atomic E-state index is -2.90. The molecular formula is C56H36BNO2Si. The molecule has 0 saturated carbocycles. The quantitative estimate of drug-likeness (QED) is 0.131. The second-order valence-electron chi connectivity index (χ2n) is 16.3. The van der Waals surface area contributed by atoms with E-state index in [2.05, 4.69) is 211 Å². The minimum Gasteiger partial charge on any atom is -0.458 e. The number of nitrogens with zero attached hydrogens (tertiary/aromatic N) is 1. The van der Waals surface area contributed by atoms with Crippen molar-refractivity contribution >= 4 is 90.5 Å². The second kappa shape index (κ2) is 13.2. The van der Waals surface area contributed by atoms with E-state index in [1.807, 2.05) is 12.1 Å². The number of hydrogen-bond donors (Lipinski definition) is 0. The number of hydrogen-bond acceptors (Lipinski definition) is 3. The Morgan fingerprint density at radius 1 is 0.393 bits per heavy atom. The van der Waals surface area contributed by atoms with Gasteiger partial charge in [-0.2, -0.15) is 0 Å². The highest BCUT2D eigenvalue weighted by molar-refractivity contribution is 7.21. The van der Waals surface area contributed by atoms with E-state index in [1.54, 1.807) is 0 Å². The van der Waals surface area contributed by atoms with E-state index in [4.69, 9.17) is 9.47 Å². The smallest absolute Gasteiger partial charge is 0.260 e. The molecule has 0 N–H and O–H groups in total. The van der Waals surface area contributed by atoms with Gasteiger partial charge in [0.25, 0.3) is 6.71 Å². The summed E-state index contributed by atoms with van der Waals surface area (Å²) in [6.07, 6.45) is 0. The van der Waals surface area contributed by atoms with Gasteiger partial charge in [0.15, 0.2) is 8.07 Å². The Morgan fingerprint density at radius 2 is 0.967 bits per heavy atom. The SMILES string of the molecule is c1ccc([Si]2(c3ccccc3)c3ccccc3N(c3ccc4c(c3)Oc3cccc5c3B4c3ccccc3O5)c3cc(-c4c5ccccc5cc5ccccc45)ccc32)cc1. The molecule has 10 aromatic rings. The summed E-state index contributed by atoms with van der Waals surface area (Å²) >= 11 is 0. The van der Waals surface area contributed by atoms with Gasteiger partial charge in [0.2, 0.25) is 0 Å². The largest absolute Gasteiger partial charge is 0.458 e. The predicted octanol–water partition coefficient (Wildman–Crippen LogP) is 9.55. The minimum absolute atomic E-state index is 0.00246. The fourth-order valence-electron chi connectivity index (χ4n) is 10.7. The average molecular weight is 794 g/mol. The van der Waals surface area contributed by atoms with Crippen LogP contribution in [0.2, 0.25) is 0 Å². The lowest BCUT2D eigenvalue weighted by molar-refractivity contribution is 0.464. The molecule has 3 nitrogen and oxygen atoms in total. The first kappa shape index (κ1) is 34.3. The van der Waals surface area contributed by atoms with E-state index in [9.17, 15) is 0 Å². The average Bonchev–Trinajstić information content (AvgIpc) is 3.32. The molecular weight excluding hydrogens is 758 g/mol. The van der Waals surface area contributed by atoms with Crippen molar-refractivity contribution in [3.63, 3.8) is 0 Å². The highest BCUT2D eigenvalue weighted by Gasteiger charge is 2.49. The van der Waals surface area contributed by atoms with E-state index in [-0.39, 0.29) is 6.71 Å². The lowest BCUT2D eigenvalue weighted by Gasteiger charge is -2.45. The van der Waals surface area contributed by atoms with Crippen molar-refractivity contribution in [3.05, 3.63) is 218 Å². The van der Waals surface area contributed by atoms with Crippen molar-refractivity contribution in [3.8, 4) is 34.1 Å². The monoisotopic (exact) mass is 793 g/mol. The number of benzene rings is 10. The molecule has 0 radical (unpaired) electrons. The van der Waals surface area contributed by atoms with Gasteiger partial charge in [-0.15, -0.1) is 0 Å². The molecule has 10 aromatic carbocycles. The summed E-state index contributed by atoms with van der Waals surface area (Å²) < 4.78 is 13.4. The first-order valence-electron chi connectivity index (χ1n) is 21.0. The van der Waals surface area contributed by atoms with Gasteiger partial charge in [-0.1, -0.05) is 170 Å². The third kappa shape index (κ3) is 4.93. The van der Waals surface area contributed by atoms with Crippen molar-refractivity contribution in [2.75, 3.05) is 4.90 Å². The summed E-state index contributed by atoms with van der Waals surface area (Å²) in [4.78, 5) is 2.51. The van der Waals surface area contributed by atoms with Crippen LogP contribution in [0, 0.1) is 0 Å². The number of fused-ring (bicyclic) bond motifs is 8. The number of anilines is 3. The summed E-state index contributed by atoms with van der Waals surface area (Å²) in [5, 5.41) is 10.4. The molecule has 0 spiro atoms. The van der Waals surface area contributed by atoms with Crippen molar-refractivity contribution in [2.24, 2.45) is 0 Å². The fraction of sp³-hybridized carbons (Fsp3) is 0. The van der Waals surface area contributed by atoms with Gasteiger partial charge < -0.3 is 14.4 Å². The molecule has 284 valence electrons. The van der Waals surface area contributed by atoms with Crippen molar-refractivity contribution in [2.45, 2.75) is 0 Å². The molecule has 61 heavy (non-hydrogen) atoms. The topological polar surface area (TPSA) is 21.7 Å². The summed E-state index contributed by atoms with van der Waals surface area (Å²) in [5.41, 5.74) is 9.24. The fourth-order valence-corrected chi connectivity index (χ4v) is 15.8. The Hall–Kier alpha value is -7.60. The van der Waals surface area contributed by atoms with Crippen LogP contribution in [0.4, 0.5) is 17.1 Å². The molecule has 3 heterocycles. The molecule has 0 aromatic heterocycles. The Kier molecular flexibility index (Phi) is 7.42. The van der Waals surface area contributed by atoms with Crippen LogP contribution in [0.25, 0.3) is 32.7 Å². The number of rotatable bonds is 4. The van der Waals surface area contributed by atoms with E-state index in [0.29, 0.717) is 0 Å². The summed E-state index contributed by atoms with van der Waals surface area (Å²) in [6.45, 7) is -0.00246. The molecule has 0 atom stereocenters. The van der Waals surface area contributed by atoms with Crippen molar-refractivity contribution in [1.82, 2.24) is 0 Å². The Morgan fingerprint density at radius 3 is 1.70 bits per heavy atom. The van der Waals surface area contributed by atoms with Crippen molar-refractivity contribution < 1.29 is 9.47 Å². The van der Waals surface area contributed by atoms with Gasteiger partial charge in [-0.05, 0) is 107 Å². The molecule has 0 aliphatic carbocycles. The van der Waals surface area contributed by atoms with E-state index >= 15 is 0 Å². The molecule has 13 rings (SSSR count). The van der Waals surface area contributed by atoms with Crippen LogP contribution in [0.5, 0.6) is 23.0 Å². The van der Waals surface area contributed by atoms with Crippen LogP contribution in [-0.4, -0.2) is 14.8 Å². The van der Waals surface area contributed by atoms with Gasteiger partial charge >= 0.3 is 0 Å². The van der Waals surface area contributed by atoms with Crippen LogP contribution in [0.3, 0.4) is 0 Å². The standard InChI is InChI=1S/C56H36BNO2Si/c1-3-18-41(19-4-1)61(42-20-5-2-6-21-42)53-29-14-12-25-47(53)58(48-35-39(30-33-54(48)61)55-43-22-9-7-16-37(43)34-38-17-8-10-23-44(38)55)40-31-32-46-52(36-40)60-51-28-15-27-50-56(51)57(46)45-24-11-13-26-49(45)59-50/h1-36H. The molecule has 3 aliphatic heterocycles. The van der Waals surface area contributed by atoms with Crippen LogP contribution in [0.1, 0.15) is 0 Å². The van der Waals surface area contributed by atoms with Gasteiger partial charge in [-0.3, -0.25) is 0 Å². The summed E-state index contributed by atoms with van der Waals surface area (Å²) in [5.74, 6) is 3.45. The van der Waals surface area contributed by atoms with Crippen LogP contribution >= 0.6 is 0 Å². The molecule has 0 unspecified atom stereocenters. The lowest BCUT2D eigenvalue weighted by Crippen LogP contribution is -2.77. The zero-order chi connectivity index (χ0) is 40.1. The van der Waals surface area contributed by atoms with Gasteiger partial charge in [-0.25, -0.2) is 0 Å². The number of para-hydroxylation sites is 2. The highest BCUT2D eigenvalue weighted by Crippen LogP contribution is 2.44. The zero-order valence-electron chi connectivity index (χ0n) is 33.1. The Labute approximate surface area is 355 Å². The van der Waals surface area contributed by atoms with Crippen LogP contribution in [0.15, 0.2) is 218 Å². The molecule has 0 fully saturated rings. The highest BCUT2D eigenvalue weighted by atomic mass is 28.3. The van der Waals surface area contributed by atoms with E-state index in [1.165, 1.54) is 64.8 Å². The van der Waals surface area contributed by atoms with Crippen LogP contribution < -0.4 is 51.5 Å². The Balaban J connectivity index is 1.10. The second-order valence-corrected chi connectivity index (χ2v) is 20.1. The number of ether oxygens (including phenoxy) is 2. The molecule has 0 saturated heterocycles. The van der Waals surface area contributed by atoms with Gasteiger partial charge in [0.05, 0.1) is 0 Å². The predicted molar refractivity (Wildman–Crippen MR) is 256 cm³/mol. The molecule has 3 aliphatic rings. The molecule has 5 heteroatoms. The maximum Gasteiger partial charge on any atom is 0.260 e. The van der Waals surface area contributed by atoms with Gasteiger partial charge in [0, 0.05) is 28.6 Å². The summed E-state index contributed by atoms with van der Waals surface area (Å²) in [6, 6.07) is 80.3. The first-order valence-corrected chi connectivity index (χ1v) is 23.0. The maximum absolute atomic E-state index is 6.92. The first-order chi connectivity index (χ1) is 30.3. The third-order valence-corrected chi connectivity index (χ3v) is 18.1. The normalized spacial score (nSPS) is 13.9. The lowest BCUT2D eigenvalue weighted by atomic mass is 9.35. The van der Waals surface area contributed by atoms with Crippen molar-refractivity contribution in [1.29, 1.82) is 0 Å². The van der Waals surface area contributed by atoms with Crippen LogP contribution in [-0.2, 0) is 0 Å². The maximum atomic E-state index is 6.92. The molecule has 0 bridgehead atoms. The zero-order valence-corrected chi connectivity index (χ0v) is 34.1. The molecule has 0 amide bonds. The van der Waals surface area contributed by atoms with E-state index in [0.717, 1.165) is 45.1 Å². The van der Waals surface area contributed by atoms with Gasteiger partial charge in [0.1, 0.15) is 23.0 Å². The summed E-state index contributed by atoms with van der Waals surface area (Å²) in [7, 11) is -2.90. The van der Waals surface area contributed by atoms with E-state index < -0.39 is 8.07 Å².